The van der Waals surface area contributed by atoms with Crippen molar-refractivity contribution < 1.29 is 17.9 Å². The largest absolute Gasteiger partial charge is 0.486 e. The van der Waals surface area contributed by atoms with Crippen molar-refractivity contribution in [3.8, 4) is 11.5 Å². The molecule has 6 heteroatoms. The Morgan fingerprint density at radius 1 is 1.04 bits per heavy atom. The SMILES string of the molecule is CN(Cc1ccc2c(c1)OCCO2)S(=O)(=O)/C=C/c1ccccc1. The molecular weight excluding hydrogens is 326 g/mol. The molecular formula is C18H19NO4S. The summed E-state index contributed by atoms with van der Waals surface area (Å²) in [5, 5.41) is 1.22. The van der Waals surface area contributed by atoms with Gasteiger partial charge in [-0.25, -0.2) is 8.42 Å². The van der Waals surface area contributed by atoms with Crippen LogP contribution in [0.4, 0.5) is 0 Å². The number of benzene rings is 2. The van der Waals surface area contributed by atoms with Gasteiger partial charge in [0.1, 0.15) is 13.2 Å². The Kier molecular flexibility index (Phi) is 4.87. The molecule has 1 heterocycles. The first-order chi connectivity index (χ1) is 11.5. The van der Waals surface area contributed by atoms with Gasteiger partial charge in [-0.3, -0.25) is 0 Å². The second-order valence-corrected chi connectivity index (χ2v) is 7.42. The van der Waals surface area contributed by atoms with Gasteiger partial charge in [0.25, 0.3) is 0 Å². The molecule has 0 radical (unpaired) electrons. The van der Waals surface area contributed by atoms with Crippen molar-refractivity contribution in [2.75, 3.05) is 20.3 Å². The molecule has 1 aliphatic rings. The summed E-state index contributed by atoms with van der Waals surface area (Å²) in [6, 6.07) is 14.8. The molecule has 0 unspecified atom stereocenters. The summed E-state index contributed by atoms with van der Waals surface area (Å²) in [4.78, 5) is 0. The van der Waals surface area contributed by atoms with Gasteiger partial charge in [0, 0.05) is 19.0 Å². The van der Waals surface area contributed by atoms with Gasteiger partial charge in [-0.15, -0.1) is 0 Å². The number of nitrogens with zero attached hydrogens (tertiary/aromatic N) is 1. The Morgan fingerprint density at radius 3 is 2.50 bits per heavy atom. The van der Waals surface area contributed by atoms with Crippen LogP contribution in [-0.2, 0) is 16.6 Å². The van der Waals surface area contributed by atoms with E-state index in [2.05, 4.69) is 0 Å². The summed E-state index contributed by atoms with van der Waals surface area (Å²) in [6.07, 6.45) is 1.59. The molecule has 0 aromatic heterocycles. The van der Waals surface area contributed by atoms with Crippen LogP contribution in [0.25, 0.3) is 6.08 Å². The molecule has 3 rings (SSSR count). The fourth-order valence-electron chi connectivity index (χ4n) is 2.37. The van der Waals surface area contributed by atoms with E-state index >= 15 is 0 Å². The summed E-state index contributed by atoms with van der Waals surface area (Å²) >= 11 is 0. The molecule has 0 bridgehead atoms. The lowest BCUT2D eigenvalue weighted by atomic mass is 10.2. The lowest BCUT2D eigenvalue weighted by Gasteiger charge is -2.20. The first-order valence-electron chi connectivity index (χ1n) is 7.62. The molecule has 0 N–H and O–H groups in total. The Balaban J connectivity index is 1.71. The zero-order valence-electron chi connectivity index (χ0n) is 13.4. The smallest absolute Gasteiger partial charge is 0.236 e. The first-order valence-corrected chi connectivity index (χ1v) is 9.13. The molecule has 0 aliphatic carbocycles. The summed E-state index contributed by atoms with van der Waals surface area (Å²) in [6.45, 7) is 1.30. The average molecular weight is 345 g/mol. The van der Waals surface area contributed by atoms with Crippen molar-refractivity contribution in [2.24, 2.45) is 0 Å². The number of fused-ring (bicyclic) bond motifs is 1. The number of ether oxygens (including phenoxy) is 2. The van der Waals surface area contributed by atoms with Gasteiger partial charge in [0.2, 0.25) is 10.0 Å². The van der Waals surface area contributed by atoms with E-state index in [0.29, 0.717) is 24.7 Å². The minimum absolute atomic E-state index is 0.262. The van der Waals surface area contributed by atoms with Crippen LogP contribution in [0.3, 0.4) is 0 Å². The highest BCUT2D eigenvalue weighted by Gasteiger charge is 2.17. The highest BCUT2D eigenvalue weighted by molar-refractivity contribution is 7.92. The highest BCUT2D eigenvalue weighted by Crippen LogP contribution is 2.31. The lowest BCUT2D eigenvalue weighted by molar-refractivity contribution is 0.171. The second kappa shape index (κ2) is 7.07. The van der Waals surface area contributed by atoms with Gasteiger partial charge < -0.3 is 9.47 Å². The normalized spacial score (nSPS) is 14.2. The molecule has 0 spiro atoms. The zero-order valence-corrected chi connectivity index (χ0v) is 14.2. The molecule has 2 aromatic rings. The minimum atomic E-state index is -3.50. The third kappa shape index (κ3) is 3.96. The van der Waals surface area contributed by atoms with Crippen LogP contribution in [-0.4, -0.2) is 33.0 Å². The second-order valence-electron chi connectivity index (χ2n) is 5.49. The molecule has 1 aliphatic heterocycles. The lowest BCUT2D eigenvalue weighted by Crippen LogP contribution is -2.24. The van der Waals surface area contributed by atoms with E-state index in [1.165, 1.54) is 9.71 Å². The monoisotopic (exact) mass is 345 g/mol. The van der Waals surface area contributed by atoms with Crippen LogP contribution >= 0.6 is 0 Å². The fraction of sp³-hybridized carbons (Fsp3) is 0.222. The summed E-state index contributed by atoms with van der Waals surface area (Å²) in [7, 11) is -1.94. The molecule has 0 saturated carbocycles. The number of rotatable bonds is 5. The minimum Gasteiger partial charge on any atom is -0.486 e. The summed E-state index contributed by atoms with van der Waals surface area (Å²) in [5.74, 6) is 1.35. The maximum atomic E-state index is 12.4. The third-order valence-corrected chi connectivity index (χ3v) is 5.16. The summed E-state index contributed by atoms with van der Waals surface area (Å²) < 4.78 is 37.1. The van der Waals surface area contributed by atoms with Crippen LogP contribution in [0.15, 0.2) is 53.9 Å². The van der Waals surface area contributed by atoms with Crippen molar-refractivity contribution in [1.82, 2.24) is 4.31 Å². The first kappa shape index (κ1) is 16.5. The predicted octanol–water partition coefficient (Wildman–Crippen LogP) is 2.89. The van der Waals surface area contributed by atoms with E-state index in [4.69, 9.17) is 9.47 Å². The van der Waals surface area contributed by atoms with E-state index in [-0.39, 0.29) is 6.54 Å². The Bertz CT molecular complexity index is 831. The zero-order chi connectivity index (χ0) is 17.0. The van der Waals surface area contributed by atoms with E-state index in [9.17, 15) is 8.42 Å². The van der Waals surface area contributed by atoms with Crippen molar-refractivity contribution in [3.05, 3.63) is 65.1 Å². The molecule has 126 valence electrons. The van der Waals surface area contributed by atoms with E-state index < -0.39 is 10.0 Å². The van der Waals surface area contributed by atoms with Gasteiger partial charge in [-0.1, -0.05) is 36.4 Å². The van der Waals surface area contributed by atoms with Crippen LogP contribution in [0.2, 0.25) is 0 Å². The number of hydrogen-bond acceptors (Lipinski definition) is 4. The van der Waals surface area contributed by atoms with Crippen LogP contribution in [0.5, 0.6) is 11.5 Å². The van der Waals surface area contributed by atoms with Gasteiger partial charge >= 0.3 is 0 Å². The van der Waals surface area contributed by atoms with Crippen molar-refractivity contribution in [1.29, 1.82) is 0 Å². The molecule has 0 atom stereocenters. The van der Waals surface area contributed by atoms with Gasteiger partial charge in [0.05, 0.1) is 0 Å². The van der Waals surface area contributed by atoms with Crippen molar-refractivity contribution in [2.45, 2.75) is 6.54 Å². The van der Waals surface area contributed by atoms with E-state index in [1.807, 2.05) is 48.5 Å². The quantitative estimate of drug-likeness (QED) is 0.836. The van der Waals surface area contributed by atoms with E-state index in [0.717, 1.165) is 11.1 Å². The number of hydrogen-bond donors (Lipinski definition) is 0. The van der Waals surface area contributed by atoms with Crippen molar-refractivity contribution >= 4 is 16.1 Å². The Morgan fingerprint density at radius 2 is 1.75 bits per heavy atom. The highest BCUT2D eigenvalue weighted by atomic mass is 32.2. The maximum absolute atomic E-state index is 12.4. The third-order valence-electron chi connectivity index (χ3n) is 3.68. The molecule has 0 saturated heterocycles. The molecule has 0 fully saturated rings. The van der Waals surface area contributed by atoms with Crippen LogP contribution in [0, 0.1) is 0 Å². The predicted molar refractivity (Wildman–Crippen MR) is 93.3 cm³/mol. The standard InChI is InChI=1S/C18H19NO4S/c1-19(24(20,21)12-9-15-5-3-2-4-6-15)14-16-7-8-17-18(13-16)23-11-10-22-17/h2-9,12-13H,10-11,14H2,1H3/b12-9+. The summed E-state index contributed by atoms with van der Waals surface area (Å²) in [5.41, 5.74) is 1.69. The van der Waals surface area contributed by atoms with Crippen LogP contribution in [0.1, 0.15) is 11.1 Å². The molecule has 5 nitrogen and oxygen atoms in total. The van der Waals surface area contributed by atoms with Gasteiger partial charge in [-0.2, -0.15) is 4.31 Å². The van der Waals surface area contributed by atoms with Crippen LogP contribution < -0.4 is 9.47 Å². The fourth-order valence-corrected chi connectivity index (χ4v) is 3.23. The number of sulfonamides is 1. The van der Waals surface area contributed by atoms with Gasteiger partial charge in [-0.05, 0) is 29.3 Å². The van der Waals surface area contributed by atoms with Gasteiger partial charge in [0.15, 0.2) is 11.5 Å². The Labute approximate surface area is 142 Å². The average Bonchev–Trinajstić information content (AvgIpc) is 2.61. The van der Waals surface area contributed by atoms with Crippen molar-refractivity contribution in [3.63, 3.8) is 0 Å². The maximum Gasteiger partial charge on any atom is 0.236 e. The molecule has 24 heavy (non-hydrogen) atoms. The topological polar surface area (TPSA) is 55.8 Å². The molecule has 2 aromatic carbocycles. The molecule has 0 amide bonds. The van der Waals surface area contributed by atoms with E-state index in [1.54, 1.807) is 13.1 Å². The Hall–Kier alpha value is -2.31.